The maximum Gasteiger partial charge on any atom is 0.522 e. The second kappa shape index (κ2) is 5.50. The molecule has 0 radical (unpaired) electrons. The van der Waals surface area contributed by atoms with Crippen LogP contribution in [0.2, 0.25) is 18.1 Å². The first-order valence-electron chi connectivity index (χ1n) is 5.16. The maximum atomic E-state index is 12.2. The smallest absolute Gasteiger partial charge is 0.308 e. The van der Waals surface area contributed by atoms with Crippen molar-refractivity contribution in [3.05, 3.63) is 0 Å². The second-order valence-electron chi connectivity index (χ2n) is 3.62. The van der Waals surface area contributed by atoms with Crippen LogP contribution in [0, 0.1) is 0 Å². The number of rotatable bonds is 6. The van der Waals surface area contributed by atoms with E-state index in [9.17, 15) is 21.6 Å². The predicted molar refractivity (Wildman–Crippen MR) is 57.9 cm³/mol. The SMILES string of the molecule is CCC[Si](CC)(CC)OS(=O)(=O)C(F)(F)F. The molecule has 0 aromatic rings. The highest BCUT2D eigenvalue weighted by Gasteiger charge is 2.51. The largest absolute Gasteiger partial charge is 0.522 e. The molecule has 0 aliphatic carbocycles. The van der Waals surface area contributed by atoms with E-state index in [0.29, 0.717) is 24.6 Å². The normalized spacial score (nSPS) is 14.1. The van der Waals surface area contributed by atoms with Crippen molar-refractivity contribution in [1.82, 2.24) is 0 Å². The molecule has 0 atom stereocenters. The molecule has 3 nitrogen and oxygen atoms in total. The minimum atomic E-state index is -5.44. The molecule has 8 heteroatoms. The van der Waals surface area contributed by atoms with E-state index in [1.807, 2.05) is 0 Å². The van der Waals surface area contributed by atoms with Crippen LogP contribution in [-0.2, 0) is 14.0 Å². The van der Waals surface area contributed by atoms with Gasteiger partial charge in [-0.25, -0.2) is 0 Å². The standard InChI is InChI=1S/C8H17F3O3SSi/c1-4-7-16(5-2,6-3)14-15(12,13)8(9,10)11/h4-7H2,1-3H3. The van der Waals surface area contributed by atoms with Crippen molar-refractivity contribution in [3.63, 3.8) is 0 Å². The number of alkyl halides is 3. The second-order valence-corrected chi connectivity index (χ2v) is 9.94. The lowest BCUT2D eigenvalue weighted by Crippen LogP contribution is -2.42. The highest BCUT2D eigenvalue weighted by atomic mass is 32.2. The van der Waals surface area contributed by atoms with Gasteiger partial charge in [0, 0.05) is 0 Å². The van der Waals surface area contributed by atoms with Crippen LogP contribution in [0.25, 0.3) is 0 Å². The molecule has 0 aromatic carbocycles. The van der Waals surface area contributed by atoms with Crippen LogP contribution in [0.4, 0.5) is 13.2 Å². The van der Waals surface area contributed by atoms with Crippen molar-refractivity contribution in [2.24, 2.45) is 0 Å². The summed E-state index contributed by atoms with van der Waals surface area (Å²) in [6, 6.07) is 1.16. The van der Waals surface area contributed by atoms with Crippen molar-refractivity contribution in [2.75, 3.05) is 0 Å². The monoisotopic (exact) mass is 278 g/mol. The van der Waals surface area contributed by atoms with Gasteiger partial charge in [0.05, 0.1) is 0 Å². The fraction of sp³-hybridized carbons (Fsp3) is 1.00. The first-order valence-corrected chi connectivity index (χ1v) is 9.09. The summed E-state index contributed by atoms with van der Waals surface area (Å²) in [7, 11) is -8.24. The summed E-state index contributed by atoms with van der Waals surface area (Å²) >= 11 is 0. The van der Waals surface area contributed by atoms with Crippen molar-refractivity contribution in [3.8, 4) is 0 Å². The molecule has 16 heavy (non-hydrogen) atoms. The molecule has 0 N–H and O–H groups in total. The molecule has 0 aliphatic rings. The molecule has 0 heterocycles. The Kier molecular flexibility index (Phi) is 5.47. The van der Waals surface area contributed by atoms with Crippen LogP contribution in [0.3, 0.4) is 0 Å². The Labute approximate surface area is 95.2 Å². The summed E-state index contributed by atoms with van der Waals surface area (Å²) in [4.78, 5) is 0. The number of hydrogen-bond acceptors (Lipinski definition) is 3. The molecule has 0 spiro atoms. The summed E-state index contributed by atoms with van der Waals surface area (Å²) in [6.07, 6.45) is 0.626. The van der Waals surface area contributed by atoms with Crippen molar-refractivity contribution in [2.45, 2.75) is 50.8 Å². The van der Waals surface area contributed by atoms with Gasteiger partial charge in [-0.1, -0.05) is 27.2 Å². The Morgan fingerprint density at radius 1 is 1.12 bits per heavy atom. The molecule has 98 valence electrons. The molecule has 0 saturated heterocycles. The lowest BCUT2D eigenvalue weighted by Gasteiger charge is -2.28. The molecule has 0 aromatic heterocycles. The van der Waals surface area contributed by atoms with Crippen molar-refractivity contribution in [1.29, 1.82) is 0 Å². The van der Waals surface area contributed by atoms with E-state index in [2.05, 4.69) is 3.87 Å². The zero-order valence-corrected chi connectivity index (χ0v) is 11.4. The van der Waals surface area contributed by atoms with Crippen LogP contribution in [0.15, 0.2) is 0 Å². The average molecular weight is 278 g/mol. The summed E-state index contributed by atoms with van der Waals surface area (Å²) in [5.41, 5.74) is -5.32. The van der Waals surface area contributed by atoms with E-state index < -0.39 is 23.9 Å². The van der Waals surface area contributed by atoms with Gasteiger partial charge in [-0.3, -0.25) is 0 Å². The van der Waals surface area contributed by atoms with Crippen LogP contribution >= 0.6 is 0 Å². The van der Waals surface area contributed by atoms with Crippen molar-refractivity contribution < 1.29 is 25.5 Å². The van der Waals surface area contributed by atoms with Gasteiger partial charge in [0.2, 0.25) is 8.32 Å². The summed E-state index contributed by atoms with van der Waals surface area (Å²) in [5, 5.41) is 0. The van der Waals surface area contributed by atoms with E-state index in [4.69, 9.17) is 0 Å². The Morgan fingerprint density at radius 3 is 1.81 bits per heavy atom. The summed E-state index contributed by atoms with van der Waals surface area (Å²) in [6.45, 7) is 5.16. The number of halogens is 3. The third-order valence-corrected chi connectivity index (χ3v) is 9.41. The summed E-state index contributed by atoms with van der Waals surface area (Å²) in [5.74, 6) is 0. The van der Waals surface area contributed by atoms with Gasteiger partial charge in [0.25, 0.3) is 0 Å². The van der Waals surface area contributed by atoms with Gasteiger partial charge in [-0.05, 0) is 18.1 Å². The van der Waals surface area contributed by atoms with Gasteiger partial charge in [0.15, 0.2) is 0 Å². The summed E-state index contributed by atoms with van der Waals surface area (Å²) < 4.78 is 63.0. The minimum Gasteiger partial charge on any atom is -0.308 e. The molecule has 0 aliphatic heterocycles. The lowest BCUT2D eigenvalue weighted by atomic mass is 10.6. The van der Waals surface area contributed by atoms with Gasteiger partial charge < -0.3 is 3.87 Å². The first kappa shape index (κ1) is 15.9. The quantitative estimate of drug-likeness (QED) is 0.553. The number of hydrogen-bond donors (Lipinski definition) is 0. The predicted octanol–water partition coefficient (Wildman–Crippen LogP) is 3.25. The van der Waals surface area contributed by atoms with Gasteiger partial charge in [-0.15, -0.1) is 0 Å². The zero-order chi connectivity index (χ0) is 13.0. The molecular formula is C8H17F3O3SSi. The lowest BCUT2D eigenvalue weighted by molar-refractivity contribution is -0.0504. The fourth-order valence-electron chi connectivity index (χ4n) is 1.50. The Hall–Kier alpha value is -0.0831. The molecule has 0 fully saturated rings. The molecule has 0 bridgehead atoms. The van der Waals surface area contributed by atoms with E-state index in [0.717, 1.165) is 0 Å². The van der Waals surface area contributed by atoms with Crippen LogP contribution < -0.4 is 0 Å². The van der Waals surface area contributed by atoms with Crippen LogP contribution in [-0.4, -0.2) is 22.2 Å². The molecular weight excluding hydrogens is 261 g/mol. The topological polar surface area (TPSA) is 43.4 Å². The Morgan fingerprint density at radius 2 is 1.56 bits per heavy atom. The third-order valence-electron chi connectivity index (χ3n) is 2.56. The minimum absolute atomic E-state index is 0.368. The van der Waals surface area contributed by atoms with Gasteiger partial charge in [0.1, 0.15) is 0 Å². The van der Waals surface area contributed by atoms with Crippen LogP contribution in [0.1, 0.15) is 27.2 Å². The van der Waals surface area contributed by atoms with Gasteiger partial charge in [-0.2, -0.15) is 21.6 Å². The molecule has 0 rings (SSSR count). The first-order chi connectivity index (χ1) is 7.14. The molecule has 0 amide bonds. The Balaban J connectivity index is 5.04. The maximum absolute atomic E-state index is 12.2. The van der Waals surface area contributed by atoms with E-state index >= 15 is 0 Å². The highest BCUT2D eigenvalue weighted by Crippen LogP contribution is 2.32. The van der Waals surface area contributed by atoms with Gasteiger partial charge >= 0.3 is 15.6 Å². The Bertz CT molecular complexity index is 309. The zero-order valence-electron chi connectivity index (χ0n) is 9.60. The van der Waals surface area contributed by atoms with E-state index in [1.165, 1.54) is 0 Å². The third kappa shape index (κ3) is 3.74. The fourth-order valence-corrected chi connectivity index (χ4v) is 7.13. The van der Waals surface area contributed by atoms with Crippen LogP contribution in [0.5, 0.6) is 0 Å². The molecule has 0 saturated carbocycles. The van der Waals surface area contributed by atoms with E-state index in [1.54, 1.807) is 20.8 Å². The molecule has 0 unspecified atom stereocenters. The van der Waals surface area contributed by atoms with Crippen molar-refractivity contribution >= 4 is 18.4 Å². The highest BCUT2D eigenvalue weighted by molar-refractivity contribution is 7.88. The van der Waals surface area contributed by atoms with E-state index in [-0.39, 0.29) is 0 Å². The average Bonchev–Trinajstić information content (AvgIpc) is 2.15.